The van der Waals surface area contributed by atoms with E-state index >= 15 is 0 Å². The van der Waals surface area contributed by atoms with Crippen LogP contribution >= 0.6 is 0 Å². The summed E-state index contributed by atoms with van der Waals surface area (Å²) in [6.07, 6.45) is 3.37. The third-order valence-corrected chi connectivity index (χ3v) is 3.47. The van der Waals surface area contributed by atoms with Gasteiger partial charge in [-0.2, -0.15) is 5.10 Å². The predicted octanol–water partition coefficient (Wildman–Crippen LogP) is 0.920. The zero-order chi connectivity index (χ0) is 13.1. The minimum absolute atomic E-state index is 0.0767. The first-order valence-electron chi connectivity index (χ1n) is 6.55. The number of hydrogen-bond acceptors (Lipinski definition) is 3. The number of aliphatic hydroxyl groups is 1. The van der Waals surface area contributed by atoms with Crippen LogP contribution in [0.15, 0.2) is 6.07 Å². The summed E-state index contributed by atoms with van der Waals surface area (Å²) in [5.74, 6) is -0.0767. The Morgan fingerprint density at radius 2 is 2.22 bits per heavy atom. The number of nitrogens with one attached hydrogen (secondary N) is 1. The molecule has 0 radical (unpaired) electrons. The van der Waals surface area contributed by atoms with E-state index in [9.17, 15) is 9.90 Å². The van der Waals surface area contributed by atoms with Crippen LogP contribution in [0.2, 0.25) is 0 Å². The summed E-state index contributed by atoms with van der Waals surface area (Å²) >= 11 is 0. The Morgan fingerprint density at radius 1 is 1.50 bits per heavy atom. The van der Waals surface area contributed by atoms with Crippen LogP contribution in [0, 0.1) is 13.8 Å². The number of hydrogen-bond donors (Lipinski definition) is 2. The molecular weight excluding hydrogens is 230 g/mol. The van der Waals surface area contributed by atoms with Gasteiger partial charge in [0.25, 0.3) is 0 Å². The zero-order valence-corrected chi connectivity index (χ0v) is 11.0. The van der Waals surface area contributed by atoms with Crippen molar-refractivity contribution in [2.75, 3.05) is 0 Å². The lowest BCUT2D eigenvalue weighted by Crippen LogP contribution is -2.46. The van der Waals surface area contributed by atoms with Crippen LogP contribution < -0.4 is 5.32 Å². The molecule has 18 heavy (non-hydrogen) atoms. The van der Waals surface area contributed by atoms with Crippen molar-refractivity contribution in [3.8, 4) is 0 Å². The Labute approximate surface area is 107 Å². The van der Waals surface area contributed by atoms with Gasteiger partial charge >= 0.3 is 0 Å². The quantitative estimate of drug-likeness (QED) is 0.839. The van der Waals surface area contributed by atoms with E-state index in [2.05, 4.69) is 10.4 Å². The summed E-state index contributed by atoms with van der Waals surface area (Å²) in [7, 11) is 0. The maximum absolute atomic E-state index is 11.9. The maximum atomic E-state index is 11.9. The van der Waals surface area contributed by atoms with Gasteiger partial charge in [-0.1, -0.05) is 12.8 Å². The number of aromatic nitrogens is 2. The molecule has 100 valence electrons. The lowest BCUT2D eigenvalue weighted by atomic mass is 9.92. The lowest BCUT2D eigenvalue weighted by molar-refractivity contribution is -0.123. The number of aliphatic hydroxyl groups excluding tert-OH is 1. The van der Waals surface area contributed by atoms with Crippen molar-refractivity contribution in [2.24, 2.45) is 0 Å². The first-order valence-corrected chi connectivity index (χ1v) is 6.55. The molecule has 2 atom stereocenters. The third kappa shape index (κ3) is 3.10. The van der Waals surface area contributed by atoms with Gasteiger partial charge in [0.1, 0.15) is 6.54 Å². The second kappa shape index (κ2) is 5.52. The van der Waals surface area contributed by atoms with Crippen LogP contribution in [-0.4, -0.2) is 32.9 Å². The number of carbonyl (C=O) groups excluding carboxylic acids is 1. The molecule has 0 saturated heterocycles. The summed E-state index contributed by atoms with van der Waals surface area (Å²) in [4.78, 5) is 11.9. The van der Waals surface area contributed by atoms with Crippen molar-refractivity contribution in [1.82, 2.24) is 15.1 Å². The van der Waals surface area contributed by atoms with Gasteiger partial charge in [0.2, 0.25) is 5.91 Å². The Balaban J connectivity index is 1.90. The van der Waals surface area contributed by atoms with E-state index in [1.165, 1.54) is 0 Å². The molecule has 2 rings (SSSR count). The summed E-state index contributed by atoms with van der Waals surface area (Å²) < 4.78 is 1.69. The molecule has 1 aliphatic carbocycles. The zero-order valence-electron chi connectivity index (χ0n) is 11.0. The predicted molar refractivity (Wildman–Crippen MR) is 68.1 cm³/mol. The van der Waals surface area contributed by atoms with Gasteiger partial charge in [-0.05, 0) is 32.8 Å². The highest BCUT2D eigenvalue weighted by atomic mass is 16.3. The maximum Gasteiger partial charge on any atom is 0.242 e. The van der Waals surface area contributed by atoms with E-state index in [0.29, 0.717) is 0 Å². The molecule has 2 N–H and O–H groups in total. The molecule has 5 nitrogen and oxygen atoms in total. The monoisotopic (exact) mass is 251 g/mol. The molecule has 1 fully saturated rings. The molecule has 1 saturated carbocycles. The van der Waals surface area contributed by atoms with Crippen LogP contribution in [0.5, 0.6) is 0 Å². The molecule has 0 unspecified atom stereocenters. The number of amides is 1. The molecule has 1 aliphatic rings. The summed E-state index contributed by atoms with van der Waals surface area (Å²) in [5, 5.41) is 17.0. The summed E-state index contributed by atoms with van der Waals surface area (Å²) in [6, 6.07) is 1.85. The molecule has 0 spiro atoms. The average molecular weight is 251 g/mol. The first kappa shape index (κ1) is 13.1. The van der Waals surface area contributed by atoms with Crippen molar-refractivity contribution in [2.45, 2.75) is 58.2 Å². The van der Waals surface area contributed by atoms with Crippen LogP contribution in [0.1, 0.15) is 37.1 Å². The van der Waals surface area contributed by atoms with Gasteiger partial charge in [0, 0.05) is 5.69 Å². The van der Waals surface area contributed by atoms with Crippen molar-refractivity contribution in [1.29, 1.82) is 0 Å². The van der Waals surface area contributed by atoms with E-state index in [1.54, 1.807) is 4.68 Å². The topological polar surface area (TPSA) is 67.2 Å². The molecule has 1 aromatic heterocycles. The molecule has 0 aromatic carbocycles. The van der Waals surface area contributed by atoms with Gasteiger partial charge in [0.15, 0.2) is 0 Å². The molecule has 1 amide bonds. The standard InChI is InChI=1S/C13H21N3O2/c1-9-7-10(2)16(15-9)8-13(18)14-11-5-3-4-6-12(11)17/h7,11-12,17H,3-6,8H2,1-2H3,(H,14,18)/t11-,12-/m1/s1. The Hall–Kier alpha value is -1.36. The van der Waals surface area contributed by atoms with Crippen molar-refractivity contribution in [3.63, 3.8) is 0 Å². The highest BCUT2D eigenvalue weighted by Crippen LogP contribution is 2.18. The van der Waals surface area contributed by atoms with Gasteiger partial charge in [-0.15, -0.1) is 0 Å². The molecule has 1 heterocycles. The van der Waals surface area contributed by atoms with Crippen LogP contribution in [0.3, 0.4) is 0 Å². The van der Waals surface area contributed by atoms with Gasteiger partial charge in [0.05, 0.1) is 17.8 Å². The SMILES string of the molecule is Cc1cc(C)n(CC(=O)N[C@@H]2CCCC[C@H]2O)n1. The Bertz CT molecular complexity index is 428. The van der Waals surface area contributed by atoms with E-state index in [-0.39, 0.29) is 18.5 Å². The van der Waals surface area contributed by atoms with Gasteiger partial charge < -0.3 is 10.4 Å². The summed E-state index contributed by atoms with van der Waals surface area (Å²) in [6.45, 7) is 4.07. The molecular formula is C13H21N3O2. The number of rotatable bonds is 3. The molecule has 0 aliphatic heterocycles. The summed E-state index contributed by atoms with van der Waals surface area (Å²) in [5.41, 5.74) is 1.89. The van der Waals surface area contributed by atoms with Gasteiger partial charge in [-0.25, -0.2) is 0 Å². The highest BCUT2D eigenvalue weighted by molar-refractivity contribution is 5.76. The lowest BCUT2D eigenvalue weighted by Gasteiger charge is -2.28. The Morgan fingerprint density at radius 3 is 2.83 bits per heavy atom. The van der Waals surface area contributed by atoms with Crippen molar-refractivity contribution < 1.29 is 9.90 Å². The highest BCUT2D eigenvalue weighted by Gasteiger charge is 2.24. The number of nitrogens with zero attached hydrogens (tertiary/aromatic N) is 2. The van der Waals surface area contributed by atoms with Gasteiger partial charge in [-0.3, -0.25) is 9.48 Å². The van der Waals surface area contributed by atoms with Crippen LogP contribution in [0.4, 0.5) is 0 Å². The van der Waals surface area contributed by atoms with Crippen molar-refractivity contribution in [3.05, 3.63) is 17.5 Å². The fourth-order valence-corrected chi connectivity index (χ4v) is 2.50. The fourth-order valence-electron chi connectivity index (χ4n) is 2.50. The number of aryl methyl sites for hydroxylation is 2. The van der Waals surface area contributed by atoms with E-state index < -0.39 is 6.10 Å². The largest absolute Gasteiger partial charge is 0.391 e. The second-order valence-electron chi connectivity index (χ2n) is 5.11. The molecule has 5 heteroatoms. The first-order chi connectivity index (χ1) is 8.56. The third-order valence-electron chi connectivity index (χ3n) is 3.47. The van der Waals surface area contributed by atoms with E-state index in [1.807, 2.05) is 19.9 Å². The average Bonchev–Trinajstić information content (AvgIpc) is 2.61. The fraction of sp³-hybridized carbons (Fsp3) is 0.692. The van der Waals surface area contributed by atoms with Crippen LogP contribution in [0.25, 0.3) is 0 Å². The van der Waals surface area contributed by atoms with E-state index in [4.69, 9.17) is 0 Å². The molecule has 0 bridgehead atoms. The number of carbonyl (C=O) groups is 1. The smallest absolute Gasteiger partial charge is 0.242 e. The minimum Gasteiger partial charge on any atom is -0.391 e. The molecule has 1 aromatic rings. The van der Waals surface area contributed by atoms with Crippen molar-refractivity contribution >= 4 is 5.91 Å². The minimum atomic E-state index is -0.400. The second-order valence-corrected chi connectivity index (χ2v) is 5.11. The van der Waals surface area contributed by atoms with Crippen LogP contribution in [-0.2, 0) is 11.3 Å². The Kier molecular flexibility index (Phi) is 4.01. The normalized spacial score (nSPS) is 23.9. The van der Waals surface area contributed by atoms with E-state index in [0.717, 1.165) is 37.1 Å².